The average Bonchev–Trinajstić information content (AvgIpc) is 3.49. The quantitative estimate of drug-likeness (QED) is 0.381. The predicted molar refractivity (Wildman–Crippen MR) is 103 cm³/mol. The zero-order valence-corrected chi connectivity index (χ0v) is 16.9. The molecule has 2 heterocycles. The van der Waals surface area contributed by atoms with Crippen LogP contribution in [-0.4, -0.2) is 35.6 Å². The maximum atomic E-state index is 12.4. The molecule has 2 saturated carbocycles. The molecular formula is C22H20N2O8. The Morgan fingerprint density at radius 1 is 0.594 bits per heavy atom. The van der Waals surface area contributed by atoms with Crippen LogP contribution in [0.25, 0.3) is 0 Å². The first-order valence-corrected chi connectivity index (χ1v) is 10.5. The Kier molecular flexibility index (Phi) is 4.79. The van der Waals surface area contributed by atoms with Crippen LogP contribution in [0, 0.1) is 35.5 Å². The van der Waals surface area contributed by atoms with E-state index in [1.807, 2.05) is 0 Å². The SMILES string of the molecule is O=C(Oc1ccc(OC(=O)C2CC3C(=O)NC(=O)C3C2)cc1)C1CC2C(=O)NC(=O)C2C1. The number of benzene rings is 1. The van der Waals surface area contributed by atoms with Gasteiger partial charge in [-0.3, -0.25) is 39.4 Å². The topological polar surface area (TPSA) is 145 Å². The van der Waals surface area contributed by atoms with Crippen LogP contribution in [0.15, 0.2) is 24.3 Å². The van der Waals surface area contributed by atoms with Crippen LogP contribution in [0.2, 0.25) is 0 Å². The minimum atomic E-state index is -0.528. The van der Waals surface area contributed by atoms with E-state index in [0.29, 0.717) is 0 Å². The van der Waals surface area contributed by atoms with Crippen molar-refractivity contribution in [3.63, 3.8) is 0 Å². The van der Waals surface area contributed by atoms with Crippen LogP contribution in [-0.2, 0) is 28.8 Å². The van der Waals surface area contributed by atoms with E-state index in [2.05, 4.69) is 10.6 Å². The fourth-order valence-corrected chi connectivity index (χ4v) is 5.21. The summed E-state index contributed by atoms with van der Waals surface area (Å²) < 4.78 is 10.7. The highest BCUT2D eigenvalue weighted by Gasteiger charge is 2.51. The van der Waals surface area contributed by atoms with Crippen LogP contribution in [0.1, 0.15) is 25.7 Å². The summed E-state index contributed by atoms with van der Waals surface area (Å²) >= 11 is 0. The molecule has 2 aliphatic carbocycles. The zero-order chi connectivity index (χ0) is 22.6. The van der Waals surface area contributed by atoms with Gasteiger partial charge in [-0.15, -0.1) is 0 Å². The van der Waals surface area contributed by atoms with E-state index in [-0.39, 0.29) is 60.8 Å². The molecule has 10 heteroatoms. The van der Waals surface area contributed by atoms with Gasteiger partial charge in [0.15, 0.2) is 0 Å². The number of imide groups is 2. The molecule has 0 spiro atoms. The highest BCUT2D eigenvalue weighted by atomic mass is 16.5. The summed E-state index contributed by atoms with van der Waals surface area (Å²) in [6.07, 6.45) is 1.11. The van der Waals surface area contributed by atoms with E-state index in [9.17, 15) is 28.8 Å². The van der Waals surface area contributed by atoms with Gasteiger partial charge < -0.3 is 9.47 Å². The first kappa shape index (κ1) is 20.3. The van der Waals surface area contributed by atoms with Gasteiger partial charge in [0.05, 0.1) is 35.5 Å². The van der Waals surface area contributed by atoms with Gasteiger partial charge in [0.1, 0.15) is 11.5 Å². The standard InChI is InChI=1S/C22H20N2O8/c25-17-13-5-9(6-14(13)18(26)23-17)21(29)31-11-1-2-12(4-3-11)32-22(30)10-7-15-16(8-10)20(28)24-19(15)27/h1-4,9-10,13-16H,5-8H2,(H,23,25,26)(H,24,27,28). The van der Waals surface area contributed by atoms with Crippen molar-refractivity contribution in [2.24, 2.45) is 35.5 Å². The molecule has 4 unspecified atom stereocenters. The molecule has 4 amide bonds. The Balaban J connectivity index is 1.15. The second-order valence-electron chi connectivity index (χ2n) is 8.78. The van der Waals surface area contributed by atoms with Gasteiger partial charge in [0.25, 0.3) is 0 Å². The molecule has 166 valence electrons. The highest BCUT2D eigenvalue weighted by molar-refractivity contribution is 6.06. The molecule has 4 aliphatic rings. The maximum Gasteiger partial charge on any atom is 0.314 e. The molecule has 1 aromatic carbocycles. The predicted octanol–water partition coefficient (Wildman–Crippen LogP) is 0.0950. The molecule has 2 saturated heterocycles. The molecule has 2 N–H and O–H groups in total. The Hall–Kier alpha value is -3.56. The number of rotatable bonds is 4. The van der Waals surface area contributed by atoms with Crippen molar-refractivity contribution in [3.8, 4) is 11.5 Å². The normalized spacial score (nSPS) is 32.9. The van der Waals surface area contributed by atoms with Gasteiger partial charge in [0.2, 0.25) is 23.6 Å². The number of hydrogen-bond donors (Lipinski definition) is 2. The van der Waals surface area contributed by atoms with Gasteiger partial charge >= 0.3 is 11.9 Å². The summed E-state index contributed by atoms with van der Waals surface area (Å²) in [7, 11) is 0. The molecule has 0 aromatic heterocycles. The number of carbonyl (C=O) groups is 6. The number of esters is 2. The molecule has 5 rings (SSSR count). The molecule has 2 aliphatic heterocycles. The van der Waals surface area contributed by atoms with Crippen molar-refractivity contribution >= 4 is 35.6 Å². The third-order valence-electron chi connectivity index (χ3n) is 6.89. The van der Waals surface area contributed by atoms with Crippen LogP contribution in [0.4, 0.5) is 0 Å². The highest BCUT2D eigenvalue weighted by Crippen LogP contribution is 2.41. The van der Waals surface area contributed by atoms with Crippen LogP contribution < -0.4 is 20.1 Å². The lowest BCUT2D eigenvalue weighted by atomic mass is 10.00. The smallest absolute Gasteiger partial charge is 0.314 e. The van der Waals surface area contributed by atoms with E-state index in [1.54, 1.807) is 0 Å². The molecule has 4 fully saturated rings. The van der Waals surface area contributed by atoms with Crippen molar-refractivity contribution in [1.29, 1.82) is 0 Å². The van der Waals surface area contributed by atoms with Gasteiger partial charge in [-0.1, -0.05) is 0 Å². The van der Waals surface area contributed by atoms with Gasteiger partial charge in [0, 0.05) is 0 Å². The van der Waals surface area contributed by atoms with Crippen LogP contribution in [0.3, 0.4) is 0 Å². The Morgan fingerprint density at radius 3 is 1.16 bits per heavy atom. The van der Waals surface area contributed by atoms with Crippen molar-refractivity contribution in [2.75, 3.05) is 0 Å². The molecule has 4 atom stereocenters. The monoisotopic (exact) mass is 440 g/mol. The number of nitrogens with one attached hydrogen (secondary N) is 2. The lowest BCUT2D eigenvalue weighted by Crippen LogP contribution is -2.27. The van der Waals surface area contributed by atoms with Gasteiger partial charge in [-0.05, 0) is 49.9 Å². The lowest BCUT2D eigenvalue weighted by Gasteiger charge is -2.12. The van der Waals surface area contributed by atoms with Crippen molar-refractivity contribution in [1.82, 2.24) is 10.6 Å². The first-order chi connectivity index (χ1) is 15.3. The van der Waals surface area contributed by atoms with Gasteiger partial charge in [-0.25, -0.2) is 0 Å². The van der Waals surface area contributed by atoms with E-state index in [1.165, 1.54) is 24.3 Å². The summed E-state index contributed by atoms with van der Waals surface area (Å²) in [6.45, 7) is 0. The Bertz CT molecular complexity index is 922. The summed E-state index contributed by atoms with van der Waals surface area (Å²) in [5.41, 5.74) is 0. The molecule has 0 radical (unpaired) electrons. The van der Waals surface area contributed by atoms with Gasteiger partial charge in [-0.2, -0.15) is 0 Å². The lowest BCUT2D eigenvalue weighted by molar-refractivity contribution is -0.140. The van der Waals surface area contributed by atoms with Crippen molar-refractivity contribution in [2.45, 2.75) is 25.7 Å². The largest absolute Gasteiger partial charge is 0.426 e. The molecule has 32 heavy (non-hydrogen) atoms. The van der Waals surface area contributed by atoms with Crippen LogP contribution >= 0.6 is 0 Å². The van der Waals surface area contributed by atoms with E-state index >= 15 is 0 Å². The van der Waals surface area contributed by atoms with Crippen molar-refractivity contribution in [3.05, 3.63) is 24.3 Å². The summed E-state index contributed by atoms with van der Waals surface area (Å²) in [5.74, 6) is -4.81. The Morgan fingerprint density at radius 2 is 0.875 bits per heavy atom. The second kappa shape index (κ2) is 7.54. The van der Waals surface area contributed by atoms with Crippen LogP contribution in [0.5, 0.6) is 11.5 Å². The van der Waals surface area contributed by atoms with Crippen molar-refractivity contribution < 1.29 is 38.2 Å². The fourth-order valence-electron chi connectivity index (χ4n) is 5.21. The van der Waals surface area contributed by atoms with E-state index in [4.69, 9.17) is 9.47 Å². The number of hydrogen-bond acceptors (Lipinski definition) is 8. The molecule has 1 aromatic rings. The summed E-state index contributed by atoms with van der Waals surface area (Å²) in [5, 5.41) is 4.56. The minimum absolute atomic E-state index is 0.250. The minimum Gasteiger partial charge on any atom is -0.426 e. The molecular weight excluding hydrogens is 420 g/mol. The molecule has 0 bridgehead atoms. The first-order valence-electron chi connectivity index (χ1n) is 10.5. The number of ether oxygens (including phenoxy) is 2. The second-order valence-corrected chi connectivity index (χ2v) is 8.78. The average molecular weight is 440 g/mol. The fraction of sp³-hybridized carbons (Fsp3) is 0.455. The third-order valence-corrected chi connectivity index (χ3v) is 6.89. The maximum absolute atomic E-state index is 12.4. The zero-order valence-electron chi connectivity index (χ0n) is 16.9. The van der Waals surface area contributed by atoms with E-state index in [0.717, 1.165) is 0 Å². The van der Waals surface area contributed by atoms with E-state index < -0.39 is 47.4 Å². The molecule has 10 nitrogen and oxygen atoms in total. The number of amides is 4. The summed E-state index contributed by atoms with van der Waals surface area (Å²) in [4.78, 5) is 71.8. The summed E-state index contributed by atoms with van der Waals surface area (Å²) in [6, 6.07) is 5.92. The number of fused-ring (bicyclic) bond motifs is 2. The Labute approximate surface area is 182 Å². The third kappa shape index (κ3) is 3.45. The number of carbonyl (C=O) groups excluding carboxylic acids is 6.